The third-order valence-corrected chi connectivity index (χ3v) is 4.78. The van der Waals surface area contributed by atoms with E-state index in [1.807, 2.05) is 35.4 Å². The van der Waals surface area contributed by atoms with Gasteiger partial charge in [0.2, 0.25) is 0 Å². The number of carbonyl (C=O) groups is 1. The zero-order chi connectivity index (χ0) is 15.8. The van der Waals surface area contributed by atoms with E-state index in [0.29, 0.717) is 12.6 Å². The molecule has 116 valence electrons. The third kappa shape index (κ3) is 3.04. The molecule has 23 heavy (non-hydrogen) atoms. The highest BCUT2D eigenvalue weighted by molar-refractivity contribution is 9.10. The van der Waals surface area contributed by atoms with E-state index < -0.39 is 0 Å². The lowest BCUT2D eigenvalue weighted by Crippen LogP contribution is -2.32. The van der Waals surface area contributed by atoms with Gasteiger partial charge in [-0.2, -0.15) is 0 Å². The second kappa shape index (κ2) is 5.85. The molecule has 1 aliphatic carbocycles. The van der Waals surface area contributed by atoms with E-state index in [4.69, 9.17) is 0 Å². The van der Waals surface area contributed by atoms with E-state index in [9.17, 15) is 4.79 Å². The van der Waals surface area contributed by atoms with Gasteiger partial charge in [-0.25, -0.2) is 0 Å². The Morgan fingerprint density at radius 2 is 2.04 bits per heavy atom. The SMILES string of the molecule is O=C(c1cccc(Br)c1)N(Cc1ccc2[nH]ccc2c1)C1CC1. The normalized spacial score (nSPS) is 14.1. The smallest absolute Gasteiger partial charge is 0.254 e. The van der Waals surface area contributed by atoms with Gasteiger partial charge in [0.15, 0.2) is 0 Å². The summed E-state index contributed by atoms with van der Waals surface area (Å²) in [6.07, 6.45) is 4.15. The Hall–Kier alpha value is -2.07. The zero-order valence-electron chi connectivity index (χ0n) is 12.6. The summed E-state index contributed by atoms with van der Waals surface area (Å²) in [6, 6.07) is 16.4. The Bertz CT molecular complexity index is 866. The fraction of sp³-hybridized carbons (Fsp3) is 0.211. The minimum atomic E-state index is 0.114. The number of aromatic nitrogens is 1. The first kappa shape index (κ1) is 14.5. The molecule has 1 amide bonds. The maximum Gasteiger partial charge on any atom is 0.254 e. The van der Waals surface area contributed by atoms with Crippen LogP contribution >= 0.6 is 15.9 Å². The summed E-state index contributed by atoms with van der Waals surface area (Å²) in [5, 5.41) is 1.19. The van der Waals surface area contributed by atoms with Crippen LogP contribution in [0.2, 0.25) is 0 Å². The number of carbonyl (C=O) groups excluding carboxylic acids is 1. The maximum atomic E-state index is 12.9. The second-order valence-corrected chi connectivity index (χ2v) is 6.99. The molecule has 0 radical (unpaired) electrons. The summed E-state index contributed by atoms with van der Waals surface area (Å²) in [6.45, 7) is 0.664. The summed E-state index contributed by atoms with van der Waals surface area (Å²) in [5.41, 5.74) is 3.05. The van der Waals surface area contributed by atoms with Crippen LogP contribution in [0.1, 0.15) is 28.8 Å². The number of nitrogens with zero attached hydrogens (tertiary/aromatic N) is 1. The number of benzene rings is 2. The van der Waals surface area contributed by atoms with Gasteiger partial charge < -0.3 is 9.88 Å². The van der Waals surface area contributed by atoms with Crippen molar-refractivity contribution in [3.05, 3.63) is 70.3 Å². The number of rotatable bonds is 4. The number of aromatic amines is 1. The molecule has 4 heteroatoms. The molecule has 0 atom stereocenters. The van der Waals surface area contributed by atoms with Crippen molar-refractivity contribution in [2.75, 3.05) is 0 Å². The molecule has 3 aromatic rings. The number of nitrogens with one attached hydrogen (secondary N) is 1. The Labute approximate surface area is 143 Å². The quantitative estimate of drug-likeness (QED) is 0.709. The van der Waals surface area contributed by atoms with Crippen LogP contribution < -0.4 is 0 Å². The number of amides is 1. The topological polar surface area (TPSA) is 36.1 Å². The van der Waals surface area contributed by atoms with E-state index in [1.165, 1.54) is 10.9 Å². The van der Waals surface area contributed by atoms with Gasteiger partial charge in [0.25, 0.3) is 5.91 Å². The van der Waals surface area contributed by atoms with E-state index >= 15 is 0 Å². The van der Waals surface area contributed by atoms with Crippen molar-refractivity contribution >= 4 is 32.7 Å². The van der Waals surface area contributed by atoms with Crippen LogP contribution in [-0.2, 0) is 6.54 Å². The molecular formula is C19H17BrN2O. The highest BCUT2D eigenvalue weighted by atomic mass is 79.9. The number of hydrogen-bond donors (Lipinski definition) is 1. The summed E-state index contributed by atoms with van der Waals surface area (Å²) < 4.78 is 0.938. The van der Waals surface area contributed by atoms with Gasteiger partial charge in [-0.05, 0) is 60.2 Å². The minimum Gasteiger partial charge on any atom is -0.361 e. The van der Waals surface area contributed by atoms with Crippen molar-refractivity contribution in [1.29, 1.82) is 0 Å². The van der Waals surface area contributed by atoms with Crippen LogP contribution in [0.15, 0.2) is 59.2 Å². The average Bonchev–Trinajstić information content (AvgIpc) is 3.29. The molecule has 0 saturated heterocycles. The van der Waals surface area contributed by atoms with Crippen molar-refractivity contribution in [2.24, 2.45) is 0 Å². The molecule has 1 fully saturated rings. The van der Waals surface area contributed by atoms with Crippen molar-refractivity contribution < 1.29 is 4.79 Å². The van der Waals surface area contributed by atoms with Crippen molar-refractivity contribution in [1.82, 2.24) is 9.88 Å². The fourth-order valence-electron chi connectivity index (χ4n) is 2.94. The average molecular weight is 369 g/mol. The van der Waals surface area contributed by atoms with Crippen LogP contribution in [0.4, 0.5) is 0 Å². The monoisotopic (exact) mass is 368 g/mol. The van der Waals surface area contributed by atoms with Crippen LogP contribution in [0, 0.1) is 0 Å². The molecule has 2 aromatic carbocycles. The predicted molar refractivity (Wildman–Crippen MR) is 95.3 cm³/mol. The Balaban J connectivity index is 1.61. The first-order chi connectivity index (χ1) is 11.2. The van der Waals surface area contributed by atoms with Gasteiger partial charge in [-0.3, -0.25) is 4.79 Å². The Morgan fingerprint density at radius 1 is 1.17 bits per heavy atom. The van der Waals surface area contributed by atoms with Crippen LogP contribution in [0.25, 0.3) is 10.9 Å². The summed E-state index contributed by atoms with van der Waals surface area (Å²) in [4.78, 5) is 18.1. The van der Waals surface area contributed by atoms with Crippen molar-refractivity contribution in [3.8, 4) is 0 Å². The molecule has 3 nitrogen and oxygen atoms in total. The van der Waals surface area contributed by atoms with E-state index in [2.05, 4.69) is 45.2 Å². The van der Waals surface area contributed by atoms with Gasteiger partial charge in [0.05, 0.1) is 0 Å². The molecule has 4 rings (SSSR count). The molecule has 0 unspecified atom stereocenters. The van der Waals surface area contributed by atoms with Crippen LogP contribution in [-0.4, -0.2) is 21.8 Å². The molecule has 1 aliphatic rings. The van der Waals surface area contributed by atoms with E-state index in [-0.39, 0.29) is 5.91 Å². The van der Waals surface area contributed by atoms with Crippen LogP contribution in [0.5, 0.6) is 0 Å². The van der Waals surface area contributed by atoms with Crippen molar-refractivity contribution in [2.45, 2.75) is 25.4 Å². The number of hydrogen-bond acceptors (Lipinski definition) is 1. The van der Waals surface area contributed by atoms with Gasteiger partial charge in [0.1, 0.15) is 0 Å². The Morgan fingerprint density at radius 3 is 2.83 bits per heavy atom. The molecular weight excluding hydrogens is 352 g/mol. The molecule has 0 bridgehead atoms. The molecule has 0 aliphatic heterocycles. The molecule has 0 spiro atoms. The lowest BCUT2D eigenvalue weighted by Gasteiger charge is -2.23. The zero-order valence-corrected chi connectivity index (χ0v) is 14.2. The highest BCUT2D eigenvalue weighted by Gasteiger charge is 2.33. The molecule has 1 saturated carbocycles. The lowest BCUT2D eigenvalue weighted by molar-refractivity contribution is 0.0730. The summed E-state index contributed by atoms with van der Waals surface area (Å²) in [7, 11) is 0. The Kier molecular flexibility index (Phi) is 3.69. The fourth-order valence-corrected chi connectivity index (χ4v) is 3.34. The number of fused-ring (bicyclic) bond motifs is 1. The minimum absolute atomic E-state index is 0.114. The maximum absolute atomic E-state index is 12.9. The highest BCUT2D eigenvalue weighted by Crippen LogP contribution is 2.30. The predicted octanol–water partition coefficient (Wildman–Crippen LogP) is 4.74. The number of halogens is 1. The molecule has 1 N–H and O–H groups in total. The van der Waals surface area contributed by atoms with E-state index in [1.54, 1.807) is 0 Å². The van der Waals surface area contributed by atoms with Gasteiger partial charge >= 0.3 is 0 Å². The second-order valence-electron chi connectivity index (χ2n) is 6.07. The summed E-state index contributed by atoms with van der Waals surface area (Å²) in [5.74, 6) is 0.114. The molecule has 1 heterocycles. The van der Waals surface area contributed by atoms with Crippen LogP contribution in [0.3, 0.4) is 0 Å². The van der Waals surface area contributed by atoms with Crippen molar-refractivity contribution in [3.63, 3.8) is 0 Å². The standard InChI is InChI=1S/C19H17BrN2O/c20-16-3-1-2-15(11-16)19(23)22(17-5-6-17)12-13-4-7-18-14(10-13)8-9-21-18/h1-4,7-11,17,21H,5-6,12H2. The summed E-state index contributed by atoms with van der Waals surface area (Å²) >= 11 is 3.45. The first-order valence-corrected chi connectivity index (χ1v) is 8.62. The van der Waals surface area contributed by atoms with Gasteiger partial charge in [-0.15, -0.1) is 0 Å². The lowest BCUT2D eigenvalue weighted by atomic mass is 10.1. The number of H-pyrrole nitrogens is 1. The molecule has 1 aromatic heterocycles. The third-order valence-electron chi connectivity index (χ3n) is 4.29. The van der Waals surface area contributed by atoms with Gasteiger partial charge in [-0.1, -0.05) is 28.1 Å². The largest absolute Gasteiger partial charge is 0.361 e. The van der Waals surface area contributed by atoms with Gasteiger partial charge in [0, 0.05) is 34.3 Å². The van der Waals surface area contributed by atoms with E-state index in [0.717, 1.165) is 28.4 Å². The first-order valence-electron chi connectivity index (χ1n) is 7.83.